The molecule has 112 valence electrons. The average Bonchev–Trinajstić information content (AvgIpc) is 2.37. The standard InChI is InChI=1S/C16H26ClN3/c1-5-12(6-2)20(10-11(3)4)13-7-8-14(16(18)19)15(17)9-13/h7-9,11-12H,5-6,10H2,1-4H3,(H3,18,19). The molecule has 1 rings (SSSR count). The fraction of sp³-hybridized carbons (Fsp3) is 0.562. The Balaban J connectivity index is 3.13. The third-order valence-electron chi connectivity index (χ3n) is 3.52. The topological polar surface area (TPSA) is 53.1 Å². The first-order valence-corrected chi connectivity index (χ1v) is 7.69. The van der Waals surface area contributed by atoms with Crippen LogP contribution in [0, 0.1) is 11.3 Å². The minimum absolute atomic E-state index is 0.0134. The molecule has 0 aliphatic carbocycles. The number of nitrogens with one attached hydrogen (secondary N) is 1. The second-order valence-electron chi connectivity index (χ2n) is 5.59. The molecule has 0 heterocycles. The Labute approximate surface area is 127 Å². The number of halogens is 1. The summed E-state index contributed by atoms with van der Waals surface area (Å²) in [6, 6.07) is 6.30. The van der Waals surface area contributed by atoms with Crippen molar-refractivity contribution in [2.45, 2.75) is 46.6 Å². The normalized spacial score (nSPS) is 11.2. The first kappa shape index (κ1) is 16.8. The average molecular weight is 296 g/mol. The van der Waals surface area contributed by atoms with Crippen LogP contribution >= 0.6 is 11.6 Å². The fourth-order valence-electron chi connectivity index (χ4n) is 2.49. The molecule has 0 saturated carbocycles. The minimum Gasteiger partial charge on any atom is -0.384 e. The molecule has 0 spiro atoms. The molecule has 3 N–H and O–H groups in total. The van der Waals surface area contributed by atoms with Crippen LogP contribution in [0.3, 0.4) is 0 Å². The summed E-state index contributed by atoms with van der Waals surface area (Å²) in [5.74, 6) is 0.598. The Hall–Kier alpha value is -1.22. The minimum atomic E-state index is 0.0134. The van der Waals surface area contributed by atoms with E-state index in [1.807, 2.05) is 18.2 Å². The van der Waals surface area contributed by atoms with E-state index < -0.39 is 0 Å². The largest absolute Gasteiger partial charge is 0.384 e. The van der Waals surface area contributed by atoms with Crippen molar-refractivity contribution in [1.29, 1.82) is 5.41 Å². The van der Waals surface area contributed by atoms with E-state index in [0.29, 0.717) is 22.5 Å². The van der Waals surface area contributed by atoms with Gasteiger partial charge in [-0.2, -0.15) is 0 Å². The predicted octanol–water partition coefficient (Wildman–Crippen LogP) is 4.28. The van der Waals surface area contributed by atoms with E-state index in [1.54, 1.807) is 0 Å². The van der Waals surface area contributed by atoms with Gasteiger partial charge in [0.1, 0.15) is 5.84 Å². The van der Waals surface area contributed by atoms with Gasteiger partial charge in [0, 0.05) is 23.8 Å². The van der Waals surface area contributed by atoms with Crippen LogP contribution in [0.5, 0.6) is 0 Å². The predicted molar refractivity (Wildman–Crippen MR) is 89.0 cm³/mol. The Kier molecular flexibility index (Phi) is 6.34. The first-order chi connectivity index (χ1) is 9.40. The van der Waals surface area contributed by atoms with Crippen LogP contribution in [0.4, 0.5) is 5.69 Å². The van der Waals surface area contributed by atoms with Crippen molar-refractivity contribution < 1.29 is 0 Å². The van der Waals surface area contributed by atoms with Crippen LogP contribution in [0.2, 0.25) is 5.02 Å². The van der Waals surface area contributed by atoms with Crippen LogP contribution < -0.4 is 10.6 Å². The van der Waals surface area contributed by atoms with Gasteiger partial charge in [0.2, 0.25) is 0 Å². The summed E-state index contributed by atoms with van der Waals surface area (Å²) < 4.78 is 0. The fourth-order valence-corrected chi connectivity index (χ4v) is 2.77. The number of anilines is 1. The molecule has 0 fully saturated rings. The van der Waals surface area contributed by atoms with Gasteiger partial charge in [0.05, 0.1) is 5.02 Å². The van der Waals surface area contributed by atoms with Gasteiger partial charge in [-0.3, -0.25) is 5.41 Å². The Morgan fingerprint density at radius 1 is 1.30 bits per heavy atom. The quantitative estimate of drug-likeness (QED) is 0.583. The van der Waals surface area contributed by atoms with Gasteiger partial charge in [0.15, 0.2) is 0 Å². The van der Waals surface area contributed by atoms with E-state index >= 15 is 0 Å². The summed E-state index contributed by atoms with van der Waals surface area (Å²) in [4.78, 5) is 2.42. The van der Waals surface area contributed by atoms with Crippen molar-refractivity contribution in [3.63, 3.8) is 0 Å². The zero-order valence-corrected chi connectivity index (χ0v) is 13.7. The third-order valence-corrected chi connectivity index (χ3v) is 3.83. The van der Waals surface area contributed by atoms with Gasteiger partial charge in [-0.1, -0.05) is 39.3 Å². The Morgan fingerprint density at radius 2 is 1.90 bits per heavy atom. The number of nitrogens with zero attached hydrogens (tertiary/aromatic N) is 1. The number of hydrogen-bond donors (Lipinski definition) is 2. The maximum atomic E-state index is 7.50. The molecule has 4 heteroatoms. The van der Waals surface area contributed by atoms with E-state index in [-0.39, 0.29) is 5.84 Å². The molecule has 1 aromatic rings. The molecule has 20 heavy (non-hydrogen) atoms. The van der Waals surface area contributed by atoms with Crippen LogP contribution in [0.1, 0.15) is 46.1 Å². The highest BCUT2D eigenvalue weighted by atomic mass is 35.5. The highest BCUT2D eigenvalue weighted by Gasteiger charge is 2.18. The number of nitrogens with two attached hydrogens (primary N) is 1. The molecule has 0 aromatic heterocycles. The smallest absolute Gasteiger partial charge is 0.124 e. The van der Waals surface area contributed by atoms with Crippen molar-refractivity contribution in [3.8, 4) is 0 Å². The van der Waals surface area contributed by atoms with Crippen LogP contribution in [-0.2, 0) is 0 Å². The number of amidine groups is 1. The first-order valence-electron chi connectivity index (χ1n) is 7.31. The highest BCUT2D eigenvalue weighted by Crippen LogP contribution is 2.27. The van der Waals surface area contributed by atoms with Crippen molar-refractivity contribution in [2.75, 3.05) is 11.4 Å². The maximum absolute atomic E-state index is 7.50. The summed E-state index contributed by atoms with van der Waals surface area (Å²) in [7, 11) is 0. The molecule has 3 nitrogen and oxygen atoms in total. The summed E-state index contributed by atoms with van der Waals surface area (Å²) in [5, 5.41) is 8.05. The van der Waals surface area contributed by atoms with E-state index in [0.717, 1.165) is 25.1 Å². The number of hydrogen-bond acceptors (Lipinski definition) is 2. The van der Waals surface area contributed by atoms with Gasteiger partial charge < -0.3 is 10.6 Å². The van der Waals surface area contributed by atoms with Crippen molar-refractivity contribution in [3.05, 3.63) is 28.8 Å². The van der Waals surface area contributed by atoms with E-state index in [4.69, 9.17) is 22.7 Å². The lowest BCUT2D eigenvalue weighted by Crippen LogP contribution is -2.37. The van der Waals surface area contributed by atoms with E-state index in [2.05, 4.69) is 32.6 Å². The second-order valence-corrected chi connectivity index (χ2v) is 6.00. The van der Waals surface area contributed by atoms with Crippen LogP contribution in [-0.4, -0.2) is 18.4 Å². The molecule has 0 radical (unpaired) electrons. The van der Waals surface area contributed by atoms with Gasteiger partial charge in [0.25, 0.3) is 0 Å². The maximum Gasteiger partial charge on any atom is 0.124 e. The zero-order valence-electron chi connectivity index (χ0n) is 12.9. The summed E-state index contributed by atoms with van der Waals surface area (Å²) in [6.45, 7) is 9.88. The van der Waals surface area contributed by atoms with Gasteiger partial charge in [-0.25, -0.2) is 0 Å². The molecule has 1 aromatic carbocycles. The van der Waals surface area contributed by atoms with Crippen molar-refractivity contribution >= 4 is 23.1 Å². The van der Waals surface area contributed by atoms with E-state index in [1.165, 1.54) is 0 Å². The Bertz CT molecular complexity index is 453. The number of rotatable bonds is 7. The molecule has 0 saturated heterocycles. The van der Waals surface area contributed by atoms with Gasteiger partial charge in [-0.05, 0) is 37.0 Å². The molecule has 0 aliphatic rings. The summed E-state index contributed by atoms with van der Waals surface area (Å²) >= 11 is 6.25. The highest BCUT2D eigenvalue weighted by molar-refractivity contribution is 6.34. The van der Waals surface area contributed by atoms with Crippen LogP contribution in [0.15, 0.2) is 18.2 Å². The van der Waals surface area contributed by atoms with Crippen LogP contribution in [0.25, 0.3) is 0 Å². The molecular weight excluding hydrogens is 270 g/mol. The lowest BCUT2D eigenvalue weighted by molar-refractivity contribution is 0.507. The van der Waals surface area contributed by atoms with Crippen molar-refractivity contribution in [2.24, 2.45) is 11.7 Å². The Morgan fingerprint density at radius 3 is 2.30 bits per heavy atom. The lowest BCUT2D eigenvalue weighted by atomic mass is 10.1. The van der Waals surface area contributed by atoms with Gasteiger partial charge >= 0.3 is 0 Å². The molecule has 0 aliphatic heterocycles. The molecule has 0 unspecified atom stereocenters. The molecule has 0 bridgehead atoms. The summed E-state index contributed by atoms with van der Waals surface area (Å²) in [5.41, 5.74) is 7.23. The monoisotopic (exact) mass is 295 g/mol. The van der Waals surface area contributed by atoms with E-state index in [9.17, 15) is 0 Å². The SMILES string of the molecule is CCC(CC)N(CC(C)C)c1ccc(C(=N)N)c(Cl)c1. The molecular formula is C16H26ClN3. The third kappa shape index (κ3) is 4.14. The molecule has 0 atom stereocenters. The number of benzene rings is 1. The van der Waals surface area contributed by atoms with Gasteiger partial charge in [-0.15, -0.1) is 0 Å². The molecule has 0 amide bonds. The summed E-state index contributed by atoms with van der Waals surface area (Å²) in [6.07, 6.45) is 2.21. The zero-order chi connectivity index (χ0) is 15.3. The lowest BCUT2D eigenvalue weighted by Gasteiger charge is -2.34. The second kappa shape index (κ2) is 7.53. The van der Waals surface area contributed by atoms with Crippen molar-refractivity contribution in [1.82, 2.24) is 0 Å². The number of nitrogen functional groups attached to an aromatic ring is 1.